The number of azide groups is 1. The normalized spacial score (nSPS) is 41.6. The van der Waals surface area contributed by atoms with Gasteiger partial charge in [0.05, 0.1) is 6.10 Å². The van der Waals surface area contributed by atoms with Gasteiger partial charge in [0, 0.05) is 12.0 Å². The fraction of sp³-hybridized carbons (Fsp3) is 0.875. The summed E-state index contributed by atoms with van der Waals surface area (Å²) in [4.78, 5) is 13.7. The van der Waals surface area contributed by atoms with Gasteiger partial charge in [-0.25, -0.2) is 4.79 Å². The average Bonchev–Trinajstić information content (AvgIpc) is 2.60. The fourth-order valence-electron chi connectivity index (χ4n) is 1.97. The Morgan fingerprint density at radius 2 is 2.12 bits per heavy atom. The van der Waals surface area contributed by atoms with Gasteiger partial charge < -0.3 is 18.9 Å². The first-order chi connectivity index (χ1) is 7.67. The van der Waals surface area contributed by atoms with Gasteiger partial charge in [0.1, 0.15) is 6.10 Å². The summed E-state index contributed by atoms with van der Waals surface area (Å²) in [5.74, 6) is 0. The van der Waals surface area contributed by atoms with Gasteiger partial charge >= 0.3 is 6.16 Å². The second-order valence-corrected chi connectivity index (χ2v) is 3.55. The Hall–Kier alpha value is -1.50. The number of hydrogen-bond donors (Lipinski definition) is 0. The number of methoxy groups -OCH3 is 1. The van der Waals surface area contributed by atoms with Crippen LogP contribution in [0.5, 0.6) is 0 Å². The summed E-state index contributed by atoms with van der Waals surface area (Å²) in [6.45, 7) is 1.75. The van der Waals surface area contributed by atoms with Gasteiger partial charge in [0.25, 0.3) is 0 Å². The minimum Gasteiger partial charge on any atom is -0.424 e. The van der Waals surface area contributed by atoms with Crippen LogP contribution in [0.15, 0.2) is 5.11 Å². The Labute approximate surface area is 91.0 Å². The third kappa shape index (κ3) is 1.67. The van der Waals surface area contributed by atoms with Crippen LogP contribution < -0.4 is 0 Å². The van der Waals surface area contributed by atoms with Crippen molar-refractivity contribution < 1.29 is 23.7 Å². The van der Waals surface area contributed by atoms with E-state index in [9.17, 15) is 4.79 Å². The van der Waals surface area contributed by atoms with Crippen molar-refractivity contribution >= 4 is 6.16 Å². The van der Waals surface area contributed by atoms with Crippen molar-refractivity contribution in [1.82, 2.24) is 0 Å². The van der Waals surface area contributed by atoms with Gasteiger partial charge in [-0.3, -0.25) is 0 Å². The Bertz CT molecular complexity index is 343. The fourth-order valence-corrected chi connectivity index (χ4v) is 1.97. The van der Waals surface area contributed by atoms with E-state index in [1.165, 1.54) is 7.11 Å². The van der Waals surface area contributed by atoms with Crippen molar-refractivity contribution in [2.24, 2.45) is 5.11 Å². The van der Waals surface area contributed by atoms with E-state index in [0.29, 0.717) is 0 Å². The summed E-state index contributed by atoms with van der Waals surface area (Å²) >= 11 is 0. The van der Waals surface area contributed by atoms with E-state index in [1.54, 1.807) is 6.92 Å². The van der Waals surface area contributed by atoms with Crippen LogP contribution >= 0.6 is 0 Å². The summed E-state index contributed by atoms with van der Waals surface area (Å²) < 4.78 is 20.4. The number of fused-ring (bicyclic) bond motifs is 1. The molecule has 2 aliphatic rings. The average molecular weight is 229 g/mol. The lowest BCUT2D eigenvalue weighted by Gasteiger charge is -2.37. The molecule has 8 nitrogen and oxygen atoms in total. The van der Waals surface area contributed by atoms with E-state index in [4.69, 9.17) is 24.5 Å². The van der Waals surface area contributed by atoms with Gasteiger partial charge in [0.2, 0.25) is 0 Å². The van der Waals surface area contributed by atoms with Crippen LogP contribution in [0.3, 0.4) is 0 Å². The summed E-state index contributed by atoms with van der Waals surface area (Å²) in [6, 6.07) is 0. The summed E-state index contributed by atoms with van der Waals surface area (Å²) in [6.07, 6.45) is -3.80. The third-order valence-corrected chi connectivity index (χ3v) is 2.65. The SMILES string of the molecule is CO[C@@H]1[C@H]2OC(=O)O[C@H]2[C@H](N=[N+]=[N-])O[C@H]1C. The molecule has 8 heteroatoms. The number of carbonyl (C=O) groups is 1. The smallest absolute Gasteiger partial charge is 0.424 e. The molecule has 0 bridgehead atoms. The largest absolute Gasteiger partial charge is 0.509 e. The quantitative estimate of drug-likeness (QED) is 0.303. The number of nitrogens with zero attached hydrogens (tertiary/aromatic N) is 3. The topological polar surface area (TPSA) is 103 Å². The highest BCUT2D eigenvalue weighted by molar-refractivity contribution is 5.63. The molecule has 2 saturated heterocycles. The minimum absolute atomic E-state index is 0.351. The molecule has 0 aromatic carbocycles. The highest BCUT2D eigenvalue weighted by Crippen LogP contribution is 2.32. The van der Waals surface area contributed by atoms with Crippen LogP contribution in [-0.2, 0) is 18.9 Å². The van der Waals surface area contributed by atoms with Gasteiger partial charge in [-0.05, 0) is 12.5 Å². The van der Waals surface area contributed by atoms with Crippen LogP contribution in [0, 0.1) is 0 Å². The summed E-state index contributed by atoms with van der Waals surface area (Å²) in [5.41, 5.74) is 8.38. The molecular formula is C8H11N3O5. The number of ether oxygens (including phenoxy) is 4. The highest BCUT2D eigenvalue weighted by atomic mass is 16.8. The van der Waals surface area contributed by atoms with Crippen molar-refractivity contribution in [3.63, 3.8) is 0 Å². The second-order valence-electron chi connectivity index (χ2n) is 3.55. The maximum absolute atomic E-state index is 11.0. The van der Waals surface area contributed by atoms with Crippen LogP contribution in [0.4, 0.5) is 4.79 Å². The lowest BCUT2D eigenvalue weighted by Crippen LogP contribution is -2.55. The molecule has 0 aromatic heterocycles. The molecule has 2 rings (SSSR count). The summed E-state index contributed by atoms with van der Waals surface area (Å²) in [7, 11) is 1.49. The molecule has 88 valence electrons. The molecule has 0 radical (unpaired) electrons. The monoisotopic (exact) mass is 229 g/mol. The van der Waals surface area contributed by atoms with Gasteiger partial charge in [-0.1, -0.05) is 5.11 Å². The Balaban J connectivity index is 2.24. The van der Waals surface area contributed by atoms with Crippen molar-refractivity contribution in [1.29, 1.82) is 0 Å². The van der Waals surface area contributed by atoms with Crippen molar-refractivity contribution in [3.8, 4) is 0 Å². The predicted octanol–water partition coefficient (Wildman–Crippen LogP) is 0.960. The zero-order valence-electron chi connectivity index (χ0n) is 8.77. The number of rotatable bonds is 2. The summed E-state index contributed by atoms with van der Waals surface area (Å²) in [5, 5.41) is 3.43. The molecule has 0 aromatic rings. The number of carbonyl (C=O) groups excluding carboxylic acids is 1. The van der Waals surface area contributed by atoms with Crippen LogP contribution in [0.25, 0.3) is 10.4 Å². The van der Waals surface area contributed by atoms with Crippen molar-refractivity contribution in [2.45, 2.75) is 37.6 Å². The molecule has 0 unspecified atom stereocenters. The molecule has 2 aliphatic heterocycles. The second kappa shape index (κ2) is 4.17. The zero-order valence-corrected chi connectivity index (χ0v) is 8.77. The maximum Gasteiger partial charge on any atom is 0.509 e. The molecule has 0 aliphatic carbocycles. The Morgan fingerprint density at radius 1 is 1.44 bits per heavy atom. The molecule has 0 spiro atoms. The van der Waals surface area contributed by atoms with E-state index in [1.807, 2.05) is 0 Å². The predicted molar refractivity (Wildman–Crippen MR) is 49.4 cm³/mol. The molecule has 2 heterocycles. The molecule has 16 heavy (non-hydrogen) atoms. The Morgan fingerprint density at radius 3 is 2.75 bits per heavy atom. The zero-order chi connectivity index (χ0) is 11.7. The van der Waals surface area contributed by atoms with E-state index < -0.39 is 30.7 Å². The first kappa shape index (κ1) is 11.0. The van der Waals surface area contributed by atoms with Gasteiger partial charge in [-0.2, -0.15) is 0 Å². The Kier molecular flexibility index (Phi) is 2.86. The van der Waals surface area contributed by atoms with Crippen LogP contribution in [0.1, 0.15) is 6.92 Å². The first-order valence-corrected chi connectivity index (χ1v) is 4.77. The molecule has 0 saturated carbocycles. The lowest BCUT2D eigenvalue weighted by atomic mass is 9.99. The van der Waals surface area contributed by atoms with Crippen LogP contribution in [-0.4, -0.2) is 43.9 Å². The highest BCUT2D eigenvalue weighted by Gasteiger charge is 2.53. The first-order valence-electron chi connectivity index (χ1n) is 4.77. The molecule has 0 N–H and O–H groups in total. The third-order valence-electron chi connectivity index (χ3n) is 2.65. The van der Waals surface area contributed by atoms with E-state index in [-0.39, 0.29) is 6.10 Å². The van der Waals surface area contributed by atoms with Gasteiger partial charge in [-0.15, -0.1) is 0 Å². The van der Waals surface area contributed by atoms with E-state index >= 15 is 0 Å². The minimum atomic E-state index is -0.872. The van der Waals surface area contributed by atoms with Gasteiger partial charge in [0.15, 0.2) is 18.4 Å². The lowest BCUT2D eigenvalue weighted by molar-refractivity contribution is -0.187. The van der Waals surface area contributed by atoms with Crippen molar-refractivity contribution in [2.75, 3.05) is 7.11 Å². The van der Waals surface area contributed by atoms with E-state index in [0.717, 1.165) is 0 Å². The number of hydrogen-bond acceptors (Lipinski definition) is 6. The molecule has 0 amide bonds. The van der Waals surface area contributed by atoms with E-state index in [2.05, 4.69) is 10.0 Å². The standard InChI is InChI=1S/C8H11N3O5/c1-3-4(13-2)5-6(16-8(12)15-5)7(14-3)10-11-9/h3-7H,1-2H3/t3-,4-,5+,6+,7+/m0/s1. The molecule has 2 fully saturated rings. The molecular weight excluding hydrogens is 218 g/mol. The van der Waals surface area contributed by atoms with Crippen molar-refractivity contribution in [3.05, 3.63) is 10.4 Å². The molecule has 5 atom stereocenters. The van der Waals surface area contributed by atoms with Crippen LogP contribution in [0.2, 0.25) is 0 Å². The maximum atomic E-state index is 11.0.